The lowest BCUT2D eigenvalue weighted by molar-refractivity contribution is -0.132. The van der Waals surface area contributed by atoms with Gasteiger partial charge in [0, 0.05) is 31.1 Å². The number of carbonyl (C=O) groups excluding carboxylic acids is 1. The molecule has 5 heteroatoms. The highest BCUT2D eigenvalue weighted by Gasteiger charge is 2.29. The van der Waals surface area contributed by atoms with Gasteiger partial charge in [0.15, 0.2) is 0 Å². The highest BCUT2D eigenvalue weighted by molar-refractivity contribution is 7.99. The molecule has 1 aliphatic heterocycles. The maximum atomic E-state index is 12.4. The summed E-state index contributed by atoms with van der Waals surface area (Å²) >= 11 is 1.81. The predicted molar refractivity (Wildman–Crippen MR) is 92.2 cm³/mol. The van der Waals surface area contributed by atoms with Crippen LogP contribution in [-0.2, 0) is 11.3 Å². The highest BCUT2D eigenvalue weighted by Crippen LogP contribution is 2.38. The molecule has 4 nitrogen and oxygen atoms in total. The molecule has 1 amide bonds. The van der Waals surface area contributed by atoms with Crippen molar-refractivity contribution in [1.82, 2.24) is 9.88 Å². The van der Waals surface area contributed by atoms with Gasteiger partial charge in [0.05, 0.1) is 6.61 Å². The SMILES string of the molecule is CCOc1ccc(C2SCCC(=O)N2Cc2cccnc2)cc1. The number of nitrogens with zero attached hydrogens (tertiary/aromatic N) is 2. The van der Waals surface area contributed by atoms with E-state index in [1.54, 1.807) is 6.20 Å². The van der Waals surface area contributed by atoms with Gasteiger partial charge in [-0.2, -0.15) is 0 Å². The fraction of sp³-hybridized carbons (Fsp3) is 0.333. The molecule has 1 saturated heterocycles. The van der Waals surface area contributed by atoms with Crippen molar-refractivity contribution in [2.24, 2.45) is 0 Å². The van der Waals surface area contributed by atoms with Crippen molar-refractivity contribution in [2.75, 3.05) is 12.4 Å². The molecule has 0 spiro atoms. The Balaban J connectivity index is 1.81. The molecule has 1 unspecified atom stereocenters. The molecule has 1 aromatic heterocycles. The number of carbonyl (C=O) groups is 1. The first-order valence-electron chi connectivity index (χ1n) is 7.80. The highest BCUT2D eigenvalue weighted by atomic mass is 32.2. The van der Waals surface area contributed by atoms with E-state index in [4.69, 9.17) is 4.74 Å². The minimum absolute atomic E-state index is 0.0483. The number of benzene rings is 1. The lowest BCUT2D eigenvalue weighted by Gasteiger charge is -2.35. The van der Waals surface area contributed by atoms with Crippen LogP contribution < -0.4 is 4.74 Å². The van der Waals surface area contributed by atoms with E-state index >= 15 is 0 Å². The number of hydrogen-bond donors (Lipinski definition) is 0. The third-order valence-electron chi connectivity index (χ3n) is 3.75. The average Bonchev–Trinajstić information content (AvgIpc) is 2.59. The molecule has 0 bridgehead atoms. The summed E-state index contributed by atoms with van der Waals surface area (Å²) in [5.41, 5.74) is 2.19. The average molecular weight is 328 g/mol. The summed E-state index contributed by atoms with van der Waals surface area (Å²) in [6.45, 7) is 3.22. The zero-order valence-electron chi connectivity index (χ0n) is 13.1. The van der Waals surface area contributed by atoms with Gasteiger partial charge in [-0.05, 0) is 36.2 Å². The summed E-state index contributed by atoms with van der Waals surface area (Å²) < 4.78 is 5.50. The van der Waals surface area contributed by atoms with Gasteiger partial charge in [-0.25, -0.2) is 0 Å². The molecule has 1 fully saturated rings. The van der Waals surface area contributed by atoms with E-state index in [1.165, 1.54) is 0 Å². The first kappa shape index (κ1) is 15.9. The normalized spacial score (nSPS) is 18.0. The first-order chi connectivity index (χ1) is 11.3. The molecule has 2 aromatic rings. The Hall–Kier alpha value is -2.01. The molecule has 0 N–H and O–H groups in total. The van der Waals surface area contributed by atoms with Crippen molar-refractivity contribution in [3.05, 3.63) is 59.9 Å². The predicted octanol–water partition coefficient (Wildman–Crippen LogP) is 3.64. The molecule has 1 aromatic carbocycles. The van der Waals surface area contributed by atoms with E-state index < -0.39 is 0 Å². The molecular formula is C18H20N2O2S. The number of thioether (sulfide) groups is 1. The monoisotopic (exact) mass is 328 g/mol. The zero-order valence-corrected chi connectivity index (χ0v) is 14.0. The minimum atomic E-state index is 0.0483. The fourth-order valence-corrected chi connectivity index (χ4v) is 3.89. The van der Waals surface area contributed by atoms with Crippen molar-refractivity contribution in [3.63, 3.8) is 0 Å². The van der Waals surface area contributed by atoms with Gasteiger partial charge in [-0.3, -0.25) is 9.78 Å². The van der Waals surface area contributed by atoms with Crippen LogP contribution in [0, 0.1) is 0 Å². The van der Waals surface area contributed by atoms with E-state index in [0.29, 0.717) is 19.6 Å². The maximum absolute atomic E-state index is 12.4. The number of ether oxygens (including phenoxy) is 1. The Morgan fingerprint density at radius 1 is 1.30 bits per heavy atom. The Kier molecular flexibility index (Phi) is 5.18. The fourth-order valence-electron chi connectivity index (χ4n) is 2.65. The molecule has 120 valence electrons. The lowest BCUT2D eigenvalue weighted by Crippen LogP contribution is -2.36. The number of hydrogen-bond acceptors (Lipinski definition) is 4. The summed E-state index contributed by atoms with van der Waals surface area (Å²) in [6, 6.07) is 12.0. The topological polar surface area (TPSA) is 42.4 Å². The Labute approximate surface area is 140 Å². The Bertz CT molecular complexity index is 646. The standard InChI is InChI=1S/C18H20N2O2S/c1-2-22-16-7-5-15(6-8-16)18-20(17(21)9-11-23-18)13-14-4-3-10-19-12-14/h3-8,10,12,18H,2,9,11,13H2,1H3. The summed E-state index contributed by atoms with van der Waals surface area (Å²) in [6.07, 6.45) is 4.17. The largest absolute Gasteiger partial charge is 0.494 e. The van der Waals surface area contributed by atoms with Crippen LogP contribution in [0.4, 0.5) is 0 Å². The van der Waals surface area contributed by atoms with Crippen molar-refractivity contribution in [3.8, 4) is 5.75 Å². The molecule has 3 rings (SSSR count). The van der Waals surface area contributed by atoms with E-state index in [1.807, 2.05) is 54.0 Å². The third kappa shape index (κ3) is 3.85. The number of pyridine rings is 1. The zero-order chi connectivity index (χ0) is 16.1. The van der Waals surface area contributed by atoms with E-state index in [2.05, 4.69) is 17.1 Å². The first-order valence-corrected chi connectivity index (χ1v) is 8.85. The van der Waals surface area contributed by atoms with Crippen LogP contribution in [0.2, 0.25) is 0 Å². The van der Waals surface area contributed by atoms with Crippen molar-refractivity contribution >= 4 is 17.7 Å². The molecule has 0 saturated carbocycles. The second-order valence-corrected chi connectivity index (χ2v) is 6.55. The van der Waals surface area contributed by atoms with Crippen molar-refractivity contribution in [1.29, 1.82) is 0 Å². The van der Waals surface area contributed by atoms with E-state index in [0.717, 1.165) is 22.6 Å². The lowest BCUT2D eigenvalue weighted by atomic mass is 10.1. The molecule has 23 heavy (non-hydrogen) atoms. The second kappa shape index (κ2) is 7.51. The minimum Gasteiger partial charge on any atom is -0.494 e. The van der Waals surface area contributed by atoms with Gasteiger partial charge >= 0.3 is 0 Å². The van der Waals surface area contributed by atoms with Crippen LogP contribution in [0.15, 0.2) is 48.8 Å². The van der Waals surface area contributed by atoms with Crippen LogP contribution in [-0.4, -0.2) is 28.2 Å². The molecule has 2 heterocycles. The quantitative estimate of drug-likeness (QED) is 0.840. The molecule has 0 aliphatic carbocycles. The smallest absolute Gasteiger partial charge is 0.224 e. The summed E-state index contributed by atoms with van der Waals surface area (Å²) in [5, 5.41) is 0.0483. The van der Waals surface area contributed by atoms with Gasteiger partial charge in [-0.1, -0.05) is 18.2 Å². The van der Waals surface area contributed by atoms with Crippen molar-refractivity contribution in [2.45, 2.75) is 25.3 Å². The van der Waals surface area contributed by atoms with Crippen molar-refractivity contribution < 1.29 is 9.53 Å². The molecule has 1 aliphatic rings. The molecular weight excluding hydrogens is 308 g/mol. The van der Waals surface area contributed by atoms with Gasteiger partial charge in [-0.15, -0.1) is 11.8 Å². The summed E-state index contributed by atoms with van der Waals surface area (Å²) in [7, 11) is 0. The van der Waals surface area contributed by atoms with Gasteiger partial charge in [0.25, 0.3) is 0 Å². The number of aromatic nitrogens is 1. The van der Waals surface area contributed by atoms with E-state index in [-0.39, 0.29) is 11.3 Å². The number of amides is 1. The van der Waals surface area contributed by atoms with Gasteiger partial charge in [0.2, 0.25) is 5.91 Å². The van der Waals surface area contributed by atoms with Gasteiger partial charge < -0.3 is 9.64 Å². The summed E-state index contributed by atoms with van der Waals surface area (Å²) in [4.78, 5) is 18.5. The van der Waals surface area contributed by atoms with Crippen LogP contribution >= 0.6 is 11.8 Å². The second-order valence-electron chi connectivity index (χ2n) is 5.36. The van der Waals surface area contributed by atoms with Crippen LogP contribution in [0.1, 0.15) is 29.8 Å². The molecule has 0 radical (unpaired) electrons. The van der Waals surface area contributed by atoms with E-state index in [9.17, 15) is 4.79 Å². The van der Waals surface area contributed by atoms with Crippen LogP contribution in [0.25, 0.3) is 0 Å². The number of rotatable bonds is 5. The third-order valence-corrected chi connectivity index (χ3v) is 5.03. The maximum Gasteiger partial charge on any atom is 0.224 e. The molecule has 1 atom stereocenters. The Morgan fingerprint density at radius 2 is 2.13 bits per heavy atom. The van der Waals surface area contributed by atoms with Crippen LogP contribution in [0.5, 0.6) is 5.75 Å². The Morgan fingerprint density at radius 3 is 2.83 bits per heavy atom. The van der Waals surface area contributed by atoms with Crippen LogP contribution in [0.3, 0.4) is 0 Å². The van der Waals surface area contributed by atoms with Gasteiger partial charge in [0.1, 0.15) is 11.1 Å². The summed E-state index contributed by atoms with van der Waals surface area (Å²) in [5.74, 6) is 1.92.